The molecule has 0 atom stereocenters. The van der Waals surface area contributed by atoms with Crippen LogP contribution in [0, 0.1) is 0 Å². The zero-order valence-corrected chi connectivity index (χ0v) is 21.4. The topological polar surface area (TPSA) is 86.3 Å². The van der Waals surface area contributed by atoms with Gasteiger partial charge in [0.25, 0.3) is 0 Å². The maximum atomic E-state index is 11.4. The first-order valence-corrected chi connectivity index (χ1v) is 13.4. The normalized spacial score (nSPS) is 15.9. The third-order valence-corrected chi connectivity index (χ3v) is 7.55. The number of carbonyl (C=O) groups excluding carboxylic acids is 1. The van der Waals surface area contributed by atoms with Crippen LogP contribution in [-0.2, 0) is 16.1 Å². The van der Waals surface area contributed by atoms with Gasteiger partial charge in [-0.05, 0) is 30.9 Å². The Labute approximate surface area is 206 Å². The van der Waals surface area contributed by atoms with E-state index in [4.69, 9.17) is 15.6 Å². The Morgan fingerprint density at radius 3 is 2.76 bits per heavy atom. The largest absolute Gasteiger partial charge is 0.382 e. The maximum Gasteiger partial charge on any atom is 0.190 e. The number of piperazine rings is 1. The van der Waals surface area contributed by atoms with Crippen molar-refractivity contribution in [2.24, 2.45) is 0 Å². The summed E-state index contributed by atoms with van der Waals surface area (Å²) in [5.41, 5.74) is 9.16. The van der Waals surface area contributed by atoms with E-state index in [-0.39, 0.29) is 5.12 Å². The molecule has 2 N–H and O–H groups in total. The molecule has 3 aromatic rings. The monoisotopic (exact) mass is 485 g/mol. The van der Waals surface area contributed by atoms with Gasteiger partial charge in [-0.3, -0.25) is 9.48 Å². The number of nitrogens with two attached hydrogens (primary N) is 1. The van der Waals surface area contributed by atoms with Gasteiger partial charge in [0.1, 0.15) is 12.1 Å². The molecule has 9 heteroatoms. The molecule has 0 spiro atoms. The second-order valence-corrected chi connectivity index (χ2v) is 10.3. The first-order valence-electron chi connectivity index (χ1n) is 12.2. The minimum atomic E-state index is 0.188. The van der Waals surface area contributed by atoms with Crippen LogP contribution in [-0.4, -0.2) is 83.6 Å². The van der Waals surface area contributed by atoms with Crippen LogP contribution in [0.4, 0.5) is 11.5 Å². The summed E-state index contributed by atoms with van der Waals surface area (Å²) in [6.07, 6.45) is 6.65. The number of carbonyl (C=O) groups is 1. The molecule has 1 saturated heterocycles. The molecule has 8 nitrogen and oxygen atoms in total. The summed E-state index contributed by atoms with van der Waals surface area (Å²) in [7, 11) is 2.30. The van der Waals surface area contributed by atoms with E-state index in [1.807, 2.05) is 10.9 Å². The summed E-state index contributed by atoms with van der Waals surface area (Å²) >= 11 is 1.27. The fourth-order valence-electron chi connectivity index (χ4n) is 4.53. The molecule has 0 aliphatic carbocycles. The summed E-state index contributed by atoms with van der Waals surface area (Å²) in [6, 6.07) is 6.48. The number of aromatic nitrogens is 3. The third kappa shape index (κ3) is 5.64. The Hall–Kier alpha value is -2.36. The van der Waals surface area contributed by atoms with Crippen molar-refractivity contribution in [3.63, 3.8) is 0 Å². The van der Waals surface area contributed by atoms with Crippen LogP contribution in [0.15, 0.2) is 24.4 Å². The van der Waals surface area contributed by atoms with Crippen LogP contribution < -0.4 is 10.6 Å². The second-order valence-electron chi connectivity index (χ2n) is 9.42. The lowest BCUT2D eigenvalue weighted by atomic mass is 10.1. The number of thioether (sulfide) groups is 1. The highest BCUT2D eigenvalue weighted by atomic mass is 32.2. The minimum Gasteiger partial charge on any atom is -0.382 e. The average molecular weight is 486 g/mol. The quantitative estimate of drug-likeness (QED) is 0.347. The van der Waals surface area contributed by atoms with E-state index in [0.29, 0.717) is 25.5 Å². The predicted molar refractivity (Wildman–Crippen MR) is 141 cm³/mol. The molecule has 0 bridgehead atoms. The number of nitrogen functional groups attached to an aromatic ring is 1. The Morgan fingerprint density at radius 1 is 1.24 bits per heavy atom. The number of anilines is 2. The van der Waals surface area contributed by atoms with Crippen LogP contribution in [0.5, 0.6) is 0 Å². The molecule has 0 amide bonds. The van der Waals surface area contributed by atoms with E-state index in [1.165, 1.54) is 17.4 Å². The van der Waals surface area contributed by atoms with Gasteiger partial charge < -0.3 is 19.9 Å². The first kappa shape index (κ1) is 24.8. The van der Waals surface area contributed by atoms with Crippen LogP contribution in [0.25, 0.3) is 21.8 Å². The van der Waals surface area contributed by atoms with E-state index in [1.54, 1.807) is 0 Å². The number of rotatable bonds is 10. The molecule has 0 radical (unpaired) electrons. The van der Waals surface area contributed by atoms with Crippen molar-refractivity contribution in [1.29, 1.82) is 0 Å². The number of likely N-dealkylation sites (N-methyl/N-ethyl adjacent to an activating group) is 1. The highest BCUT2D eigenvalue weighted by Crippen LogP contribution is 2.31. The maximum absolute atomic E-state index is 11.4. The second kappa shape index (κ2) is 10.9. The van der Waals surface area contributed by atoms with Gasteiger partial charge in [0.05, 0.1) is 52.0 Å². The average Bonchev–Trinajstić information content (AvgIpc) is 3.28. The van der Waals surface area contributed by atoms with E-state index in [0.717, 1.165) is 78.4 Å². The number of benzene rings is 1. The standard InChI is InChI=1S/C25H37N6O2S/c1-4-5-9-30-18-21-20-17-19(6-7-22(20)27-25(26)24(21)28-30)29-10-12-31(2,13-11-29)14-16-33-15-8-23(32)34-3/h6-7,17-18H,4-5,8-16H2,1-3H3,(H2,26,27)/q+1. The zero-order valence-electron chi connectivity index (χ0n) is 20.6. The molecule has 1 aliphatic heterocycles. The highest BCUT2D eigenvalue weighted by Gasteiger charge is 2.28. The smallest absolute Gasteiger partial charge is 0.190 e. The molecule has 2 aromatic heterocycles. The van der Waals surface area contributed by atoms with Crippen molar-refractivity contribution in [1.82, 2.24) is 14.8 Å². The van der Waals surface area contributed by atoms with Gasteiger partial charge in [-0.2, -0.15) is 5.10 Å². The number of hydrogen-bond donors (Lipinski definition) is 1. The van der Waals surface area contributed by atoms with Crippen LogP contribution >= 0.6 is 11.8 Å². The van der Waals surface area contributed by atoms with E-state index < -0.39 is 0 Å². The Kier molecular flexibility index (Phi) is 7.95. The lowest BCUT2D eigenvalue weighted by Crippen LogP contribution is -2.58. The van der Waals surface area contributed by atoms with Crippen molar-refractivity contribution in [2.45, 2.75) is 32.7 Å². The number of hydrogen-bond acceptors (Lipinski definition) is 7. The van der Waals surface area contributed by atoms with Crippen LogP contribution in [0.2, 0.25) is 0 Å². The van der Waals surface area contributed by atoms with E-state index in [2.05, 4.69) is 48.3 Å². The summed E-state index contributed by atoms with van der Waals surface area (Å²) in [6.45, 7) is 9.39. The third-order valence-electron chi connectivity index (χ3n) is 6.89. The summed E-state index contributed by atoms with van der Waals surface area (Å²) in [4.78, 5) is 18.5. The van der Waals surface area contributed by atoms with Crippen molar-refractivity contribution in [3.05, 3.63) is 24.4 Å². The number of ether oxygens (including phenoxy) is 1. The lowest BCUT2D eigenvalue weighted by molar-refractivity contribution is -0.910. The number of quaternary nitrogens is 1. The zero-order chi connectivity index (χ0) is 24.1. The summed E-state index contributed by atoms with van der Waals surface area (Å²) in [5.74, 6) is 0.497. The molecule has 1 aromatic carbocycles. The SMILES string of the molecule is CCCCn1cc2c(n1)c(N)nc1ccc(N3CC[N+](C)(CCOCCC(=O)SC)CC3)cc12. The molecule has 4 rings (SSSR count). The fourth-order valence-corrected chi connectivity index (χ4v) is 4.82. The van der Waals surface area contributed by atoms with Gasteiger partial charge in [0, 0.05) is 35.6 Å². The number of pyridine rings is 1. The number of nitrogens with zero attached hydrogens (tertiary/aromatic N) is 5. The van der Waals surface area contributed by atoms with Gasteiger partial charge >= 0.3 is 0 Å². The molecule has 184 valence electrons. The fraction of sp³-hybridized carbons (Fsp3) is 0.560. The van der Waals surface area contributed by atoms with Gasteiger partial charge in [-0.1, -0.05) is 25.1 Å². The van der Waals surface area contributed by atoms with Crippen LogP contribution in [0.1, 0.15) is 26.2 Å². The van der Waals surface area contributed by atoms with Gasteiger partial charge in [-0.25, -0.2) is 4.98 Å². The molecule has 0 saturated carbocycles. The van der Waals surface area contributed by atoms with Gasteiger partial charge in [-0.15, -0.1) is 0 Å². The number of aryl methyl sites for hydroxylation is 1. The highest BCUT2D eigenvalue weighted by molar-refractivity contribution is 8.13. The molecular formula is C25H37N6O2S+. The first-order chi connectivity index (χ1) is 16.4. The van der Waals surface area contributed by atoms with Crippen molar-refractivity contribution in [3.8, 4) is 0 Å². The Bertz CT molecular complexity index is 1140. The number of unbranched alkanes of at least 4 members (excludes halogenated alkanes) is 1. The summed E-state index contributed by atoms with van der Waals surface area (Å²) < 4.78 is 8.72. The lowest BCUT2D eigenvalue weighted by Gasteiger charge is -2.42. The van der Waals surface area contributed by atoms with Crippen LogP contribution in [0.3, 0.4) is 0 Å². The molecule has 3 heterocycles. The van der Waals surface area contributed by atoms with E-state index >= 15 is 0 Å². The molecule has 1 fully saturated rings. The minimum absolute atomic E-state index is 0.188. The van der Waals surface area contributed by atoms with Crippen molar-refractivity contribution < 1.29 is 14.0 Å². The van der Waals surface area contributed by atoms with Gasteiger partial charge in [0.15, 0.2) is 10.9 Å². The molecule has 1 aliphatic rings. The van der Waals surface area contributed by atoms with Gasteiger partial charge in [0.2, 0.25) is 0 Å². The predicted octanol–water partition coefficient (Wildman–Crippen LogP) is 3.53. The van der Waals surface area contributed by atoms with Crippen molar-refractivity contribution >= 4 is 50.2 Å². The Balaban J connectivity index is 1.42. The molecule has 0 unspecified atom stereocenters. The summed E-state index contributed by atoms with van der Waals surface area (Å²) in [5, 5.41) is 7.08. The number of fused-ring (bicyclic) bond motifs is 3. The molecule has 34 heavy (non-hydrogen) atoms. The Morgan fingerprint density at radius 2 is 2.03 bits per heavy atom. The van der Waals surface area contributed by atoms with E-state index in [9.17, 15) is 4.79 Å². The molecular weight excluding hydrogens is 448 g/mol. The van der Waals surface area contributed by atoms with Crippen molar-refractivity contribution in [2.75, 3.05) is 69.9 Å².